The molecule has 2 aromatic rings. The molecule has 0 aliphatic rings. The summed E-state index contributed by atoms with van der Waals surface area (Å²) in [6.07, 6.45) is 0.979. The first kappa shape index (κ1) is 11.4. The Bertz CT molecular complexity index is 459. The van der Waals surface area contributed by atoms with Crippen molar-refractivity contribution in [2.24, 2.45) is 0 Å². The molecule has 3 nitrogen and oxygen atoms in total. The van der Waals surface area contributed by atoms with Crippen LogP contribution in [-0.2, 0) is 0 Å². The Morgan fingerprint density at radius 1 is 1.38 bits per heavy atom. The van der Waals surface area contributed by atoms with E-state index in [1.165, 1.54) is 0 Å². The van der Waals surface area contributed by atoms with E-state index in [9.17, 15) is 4.79 Å². The number of alkyl halides is 1. The van der Waals surface area contributed by atoms with Gasteiger partial charge in [-0.3, -0.25) is 4.79 Å². The minimum Gasteiger partial charge on any atom is -0.451 e. The van der Waals surface area contributed by atoms with Crippen LogP contribution >= 0.6 is 22.6 Å². The molecule has 84 valence electrons. The Balaban J connectivity index is 2.11. The van der Waals surface area contributed by atoms with E-state index in [0.717, 1.165) is 21.8 Å². The molecular weight excluding hydrogens is 317 g/mol. The number of furan rings is 1. The molecule has 1 aromatic heterocycles. The summed E-state index contributed by atoms with van der Waals surface area (Å²) in [7, 11) is 0. The van der Waals surface area contributed by atoms with E-state index in [0.29, 0.717) is 12.3 Å². The average Bonchev–Trinajstić information content (AvgIpc) is 2.73. The highest BCUT2D eigenvalue weighted by atomic mass is 127. The average molecular weight is 329 g/mol. The smallest absolute Gasteiger partial charge is 0.287 e. The summed E-state index contributed by atoms with van der Waals surface area (Å²) < 4.78 is 6.49. The fourth-order valence-electron chi connectivity index (χ4n) is 1.45. The SMILES string of the molecule is O=C(NCCCI)c1cc2ccccc2o1. The summed E-state index contributed by atoms with van der Waals surface area (Å²) >= 11 is 2.29. The van der Waals surface area contributed by atoms with E-state index < -0.39 is 0 Å². The lowest BCUT2D eigenvalue weighted by molar-refractivity contribution is 0.0928. The second-order valence-electron chi connectivity index (χ2n) is 3.45. The van der Waals surface area contributed by atoms with Crippen molar-refractivity contribution in [3.63, 3.8) is 0 Å². The van der Waals surface area contributed by atoms with Gasteiger partial charge in [-0.1, -0.05) is 40.8 Å². The topological polar surface area (TPSA) is 42.2 Å². The molecule has 16 heavy (non-hydrogen) atoms. The van der Waals surface area contributed by atoms with Gasteiger partial charge in [0.15, 0.2) is 5.76 Å². The molecule has 0 radical (unpaired) electrons. The van der Waals surface area contributed by atoms with Gasteiger partial charge in [0.1, 0.15) is 5.58 Å². The highest BCUT2D eigenvalue weighted by Gasteiger charge is 2.10. The Hall–Kier alpha value is -1.04. The summed E-state index contributed by atoms with van der Waals surface area (Å²) in [6, 6.07) is 9.38. The van der Waals surface area contributed by atoms with Crippen molar-refractivity contribution in [1.82, 2.24) is 5.32 Å². The van der Waals surface area contributed by atoms with Gasteiger partial charge in [0.2, 0.25) is 0 Å². The van der Waals surface area contributed by atoms with Crippen LogP contribution in [0.3, 0.4) is 0 Å². The Labute approximate surface area is 107 Å². The van der Waals surface area contributed by atoms with Crippen molar-refractivity contribution >= 4 is 39.5 Å². The molecule has 0 saturated heterocycles. The molecule has 0 aliphatic carbocycles. The molecule has 2 rings (SSSR count). The van der Waals surface area contributed by atoms with Gasteiger partial charge in [-0.15, -0.1) is 0 Å². The second-order valence-corrected chi connectivity index (χ2v) is 4.53. The first-order valence-electron chi connectivity index (χ1n) is 5.14. The third kappa shape index (κ3) is 2.55. The fourth-order valence-corrected chi connectivity index (χ4v) is 1.83. The normalized spacial score (nSPS) is 10.6. The number of hydrogen-bond acceptors (Lipinski definition) is 2. The van der Waals surface area contributed by atoms with Gasteiger partial charge in [-0.05, 0) is 18.6 Å². The molecule has 0 aliphatic heterocycles. The van der Waals surface area contributed by atoms with Crippen LogP contribution in [0.2, 0.25) is 0 Å². The van der Waals surface area contributed by atoms with E-state index in [1.54, 1.807) is 6.07 Å². The number of rotatable bonds is 4. The van der Waals surface area contributed by atoms with Gasteiger partial charge in [-0.25, -0.2) is 0 Å². The van der Waals surface area contributed by atoms with Gasteiger partial charge in [0.05, 0.1) is 0 Å². The fraction of sp³-hybridized carbons (Fsp3) is 0.250. The molecule has 0 saturated carbocycles. The first-order valence-corrected chi connectivity index (χ1v) is 6.66. The summed E-state index contributed by atoms with van der Waals surface area (Å²) in [6.45, 7) is 0.693. The minimum atomic E-state index is -0.138. The summed E-state index contributed by atoms with van der Waals surface area (Å²) in [5.74, 6) is 0.246. The molecule has 4 heteroatoms. The van der Waals surface area contributed by atoms with E-state index in [4.69, 9.17) is 4.42 Å². The van der Waals surface area contributed by atoms with Crippen LogP contribution in [0.5, 0.6) is 0 Å². The predicted molar refractivity (Wildman–Crippen MR) is 72.1 cm³/mol. The maximum Gasteiger partial charge on any atom is 0.287 e. The predicted octanol–water partition coefficient (Wildman–Crippen LogP) is 2.99. The van der Waals surface area contributed by atoms with Gasteiger partial charge in [-0.2, -0.15) is 0 Å². The third-order valence-corrected chi connectivity index (χ3v) is 3.01. The van der Waals surface area contributed by atoms with E-state index in [-0.39, 0.29) is 5.91 Å². The summed E-state index contributed by atoms with van der Waals surface area (Å²) in [4.78, 5) is 11.7. The van der Waals surface area contributed by atoms with Gasteiger partial charge in [0, 0.05) is 16.4 Å². The molecule has 0 bridgehead atoms. The first-order chi connectivity index (χ1) is 7.81. The number of para-hydroxylation sites is 1. The zero-order valence-electron chi connectivity index (χ0n) is 8.70. The van der Waals surface area contributed by atoms with E-state index in [2.05, 4.69) is 27.9 Å². The van der Waals surface area contributed by atoms with Crippen molar-refractivity contribution < 1.29 is 9.21 Å². The molecule has 0 fully saturated rings. The van der Waals surface area contributed by atoms with E-state index in [1.807, 2.05) is 24.3 Å². The second kappa shape index (κ2) is 5.34. The Morgan fingerprint density at radius 3 is 2.94 bits per heavy atom. The Kier molecular flexibility index (Phi) is 3.82. The number of nitrogens with one attached hydrogen (secondary N) is 1. The zero-order valence-corrected chi connectivity index (χ0v) is 10.9. The molecule has 0 atom stereocenters. The number of amides is 1. The molecule has 0 unspecified atom stereocenters. The van der Waals surface area contributed by atoms with Crippen LogP contribution < -0.4 is 5.32 Å². The van der Waals surface area contributed by atoms with Gasteiger partial charge >= 0.3 is 0 Å². The minimum absolute atomic E-state index is 0.138. The van der Waals surface area contributed by atoms with Crippen LogP contribution in [0.25, 0.3) is 11.0 Å². The van der Waals surface area contributed by atoms with Crippen molar-refractivity contribution in [2.75, 3.05) is 11.0 Å². The van der Waals surface area contributed by atoms with Crippen LogP contribution in [0.15, 0.2) is 34.7 Å². The van der Waals surface area contributed by atoms with Crippen molar-refractivity contribution in [2.45, 2.75) is 6.42 Å². The summed E-state index contributed by atoms with van der Waals surface area (Å²) in [5, 5.41) is 3.78. The lowest BCUT2D eigenvalue weighted by Crippen LogP contribution is -2.24. The van der Waals surface area contributed by atoms with Crippen LogP contribution in [0, 0.1) is 0 Å². The van der Waals surface area contributed by atoms with Crippen LogP contribution in [0.4, 0.5) is 0 Å². The van der Waals surface area contributed by atoms with Crippen LogP contribution in [0.1, 0.15) is 17.0 Å². The van der Waals surface area contributed by atoms with Crippen molar-refractivity contribution in [3.05, 3.63) is 36.1 Å². The number of benzene rings is 1. The number of hydrogen-bond donors (Lipinski definition) is 1. The standard InChI is InChI=1S/C12H12INO2/c13-6-3-7-14-12(15)11-8-9-4-1-2-5-10(9)16-11/h1-2,4-5,8H,3,6-7H2,(H,14,15). The Morgan fingerprint density at radius 2 is 2.19 bits per heavy atom. The highest BCUT2D eigenvalue weighted by Crippen LogP contribution is 2.18. The maximum atomic E-state index is 11.7. The largest absolute Gasteiger partial charge is 0.451 e. The van der Waals surface area contributed by atoms with Gasteiger partial charge < -0.3 is 9.73 Å². The lowest BCUT2D eigenvalue weighted by Gasteiger charge is -1.99. The van der Waals surface area contributed by atoms with Crippen molar-refractivity contribution in [3.8, 4) is 0 Å². The molecule has 1 amide bonds. The third-order valence-electron chi connectivity index (χ3n) is 2.25. The van der Waals surface area contributed by atoms with Gasteiger partial charge in [0.25, 0.3) is 5.91 Å². The quantitative estimate of drug-likeness (QED) is 0.532. The maximum absolute atomic E-state index is 11.7. The number of carbonyl (C=O) groups is 1. The number of fused-ring (bicyclic) bond motifs is 1. The monoisotopic (exact) mass is 329 g/mol. The zero-order chi connectivity index (χ0) is 11.4. The molecule has 0 spiro atoms. The number of halogens is 1. The summed E-state index contributed by atoms with van der Waals surface area (Å²) in [5.41, 5.74) is 0.751. The molecule has 1 heterocycles. The highest BCUT2D eigenvalue weighted by molar-refractivity contribution is 14.1. The van der Waals surface area contributed by atoms with Crippen molar-refractivity contribution in [1.29, 1.82) is 0 Å². The number of carbonyl (C=O) groups excluding carboxylic acids is 1. The molecular formula is C12H12INO2. The van der Waals surface area contributed by atoms with Crippen LogP contribution in [-0.4, -0.2) is 16.9 Å². The lowest BCUT2D eigenvalue weighted by atomic mass is 10.2. The van der Waals surface area contributed by atoms with E-state index >= 15 is 0 Å². The molecule has 1 N–H and O–H groups in total. The molecule has 1 aromatic carbocycles.